The van der Waals surface area contributed by atoms with E-state index in [-0.39, 0.29) is 5.71 Å². The summed E-state index contributed by atoms with van der Waals surface area (Å²) in [4.78, 5) is 4.70. The van der Waals surface area contributed by atoms with Gasteiger partial charge in [0.25, 0.3) is 0 Å². The van der Waals surface area contributed by atoms with Crippen LogP contribution in [0.25, 0.3) is 0 Å². The second-order valence-electron chi connectivity index (χ2n) is 4.73. The van der Waals surface area contributed by atoms with E-state index in [1.54, 1.807) is 41.8 Å². The third kappa shape index (κ3) is 3.04. The van der Waals surface area contributed by atoms with Crippen LogP contribution in [-0.4, -0.2) is 28.5 Å². The molecule has 0 bridgehead atoms. The number of nitrogens with one attached hydrogen (secondary N) is 1. The number of aliphatic hydroxyl groups is 1. The van der Waals surface area contributed by atoms with Crippen molar-refractivity contribution in [2.45, 2.75) is 12.0 Å². The Hall–Kier alpha value is -1.91. The zero-order chi connectivity index (χ0) is 17.4. The molecule has 1 atom stereocenters. The molecule has 10 heteroatoms. The minimum Gasteiger partial charge on any atom is -0.343 e. The molecule has 1 aromatic carbocycles. The van der Waals surface area contributed by atoms with Crippen molar-refractivity contribution in [3.05, 3.63) is 51.1 Å². The van der Waals surface area contributed by atoms with Gasteiger partial charge in [-0.15, -0.1) is 11.3 Å². The van der Waals surface area contributed by atoms with Crippen molar-refractivity contribution in [3.8, 4) is 0 Å². The monoisotopic (exact) mass is 419 g/mol. The summed E-state index contributed by atoms with van der Waals surface area (Å²) in [5.41, 5.74) is 2.00. The van der Waals surface area contributed by atoms with Gasteiger partial charge < -0.3 is 9.94 Å². The largest absolute Gasteiger partial charge is 0.464 e. The molecule has 1 aliphatic heterocycles. The van der Waals surface area contributed by atoms with Crippen LogP contribution in [0, 0.1) is 0 Å². The second-order valence-corrected chi connectivity index (χ2v) is 6.59. The number of hydrogen-bond donors (Lipinski definition) is 2. The van der Waals surface area contributed by atoms with E-state index in [2.05, 4.69) is 36.5 Å². The summed E-state index contributed by atoms with van der Waals surface area (Å²) in [5.74, 6) is -3.60. The van der Waals surface area contributed by atoms with Gasteiger partial charge in [0.2, 0.25) is 0 Å². The molecule has 3 rings (SSSR count). The number of nitrogens with zero attached hydrogens (tertiary/aromatic N) is 2. The molecule has 5 nitrogen and oxygen atoms in total. The zero-order valence-corrected chi connectivity index (χ0v) is 14.1. The van der Waals surface area contributed by atoms with Crippen LogP contribution in [0.1, 0.15) is 4.88 Å². The Morgan fingerprint density at radius 2 is 1.96 bits per heavy atom. The van der Waals surface area contributed by atoms with E-state index >= 15 is 0 Å². The molecule has 0 amide bonds. The SMILES string of the molecule is OC1(C(F)(F)F)ON=C(c2cccs2)/C1=N\Nc1ccc(Br)cc1. The summed E-state index contributed by atoms with van der Waals surface area (Å²) in [6.07, 6.45) is -5.10. The lowest BCUT2D eigenvalue weighted by molar-refractivity contribution is -0.325. The van der Waals surface area contributed by atoms with E-state index in [4.69, 9.17) is 0 Å². The van der Waals surface area contributed by atoms with Crippen molar-refractivity contribution in [2.24, 2.45) is 10.3 Å². The summed E-state index contributed by atoms with van der Waals surface area (Å²) < 4.78 is 40.5. The highest BCUT2D eigenvalue weighted by molar-refractivity contribution is 9.10. The highest BCUT2D eigenvalue weighted by Gasteiger charge is 2.65. The molecule has 126 valence electrons. The zero-order valence-electron chi connectivity index (χ0n) is 11.7. The number of rotatable bonds is 3. The highest BCUT2D eigenvalue weighted by Crippen LogP contribution is 2.38. The van der Waals surface area contributed by atoms with Gasteiger partial charge >= 0.3 is 12.0 Å². The van der Waals surface area contributed by atoms with Crippen LogP contribution in [0.2, 0.25) is 0 Å². The molecule has 0 saturated heterocycles. The predicted molar refractivity (Wildman–Crippen MR) is 88.1 cm³/mol. The molecule has 0 aliphatic carbocycles. The fourth-order valence-electron chi connectivity index (χ4n) is 1.89. The fraction of sp³-hybridized carbons (Fsp3) is 0.143. The average molecular weight is 420 g/mol. The number of hydrazone groups is 1. The van der Waals surface area contributed by atoms with Crippen LogP contribution >= 0.6 is 27.3 Å². The first-order valence-corrected chi connectivity index (χ1v) is 8.18. The lowest BCUT2D eigenvalue weighted by Gasteiger charge is -2.23. The number of oxime groups is 1. The molecule has 0 saturated carbocycles. The first-order valence-electron chi connectivity index (χ1n) is 6.50. The Balaban J connectivity index is 1.98. The Labute approximate surface area is 146 Å². The molecule has 0 fully saturated rings. The van der Waals surface area contributed by atoms with Crippen LogP contribution in [0.4, 0.5) is 18.9 Å². The maximum atomic E-state index is 13.2. The van der Waals surface area contributed by atoms with Gasteiger partial charge in [0, 0.05) is 4.47 Å². The van der Waals surface area contributed by atoms with E-state index in [1.165, 1.54) is 0 Å². The van der Waals surface area contributed by atoms with Gasteiger partial charge in [-0.1, -0.05) is 27.2 Å². The van der Waals surface area contributed by atoms with Crippen molar-refractivity contribution >= 4 is 44.4 Å². The third-order valence-electron chi connectivity index (χ3n) is 3.09. The van der Waals surface area contributed by atoms with Gasteiger partial charge in [-0.3, -0.25) is 5.43 Å². The van der Waals surface area contributed by atoms with Gasteiger partial charge in [0.05, 0.1) is 10.6 Å². The summed E-state index contributed by atoms with van der Waals surface area (Å²) in [7, 11) is 0. The quantitative estimate of drug-likeness (QED) is 0.739. The summed E-state index contributed by atoms with van der Waals surface area (Å²) >= 11 is 4.41. The van der Waals surface area contributed by atoms with Gasteiger partial charge in [-0.25, -0.2) is 0 Å². The van der Waals surface area contributed by atoms with Gasteiger partial charge in [0.15, 0.2) is 11.4 Å². The second kappa shape index (κ2) is 6.19. The lowest BCUT2D eigenvalue weighted by atomic mass is 10.1. The average Bonchev–Trinajstić information content (AvgIpc) is 3.14. The number of hydrogen-bond acceptors (Lipinski definition) is 6. The highest BCUT2D eigenvalue weighted by atomic mass is 79.9. The standard InChI is InChI=1S/C14H9BrF3N3O2S/c15-8-3-5-9(6-4-8)19-20-12-11(10-2-1-7-24-10)21-23-13(12,22)14(16,17)18/h1-7,19,22H/b20-12+. The van der Waals surface area contributed by atoms with Crippen molar-refractivity contribution in [2.75, 3.05) is 5.43 Å². The maximum Gasteiger partial charge on any atom is 0.464 e. The molecule has 0 spiro atoms. The molecular formula is C14H9BrF3N3O2S. The molecule has 2 aromatic rings. The Kier molecular flexibility index (Phi) is 4.37. The minimum absolute atomic E-state index is 0.172. The van der Waals surface area contributed by atoms with E-state index < -0.39 is 17.7 Å². The molecule has 0 radical (unpaired) electrons. The van der Waals surface area contributed by atoms with Crippen LogP contribution in [0.15, 0.2) is 56.5 Å². The minimum atomic E-state index is -5.10. The first-order chi connectivity index (χ1) is 11.3. The van der Waals surface area contributed by atoms with Crippen LogP contribution in [0.3, 0.4) is 0 Å². The fourth-order valence-corrected chi connectivity index (χ4v) is 2.86. The summed E-state index contributed by atoms with van der Waals surface area (Å²) in [6, 6.07) is 9.81. The van der Waals surface area contributed by atoms with Gasteiger partial charge in [-0.05, 0) is 35.7 Å². The van der Waals surface area contributed by atoms with Crippen LogP contribution in [0.5, 0.6) is 0 Å². The molecule has 2 heterocycles. The smallest absolute Gasteiger partial charge is 0.343 e. The molecular weight excluding hydrogens is 411 g/mol. The van der Waals surface area contributed by atoms with Crippen LogP contribution in [-0.2, 0) is 4.84 Å². The molecule has 1 unspecified atom stereocenters. The summed E-state index contributed by atoms with van der Waals surface area (Å²) in [6.45, 7) is 0. The Morgan fingerprint density at radius 3 is 2.54 bits per heavy atom. The van der Waals surface area contributed by atoms with Gasteiger partial charge in [-0.2, -0.15) is 18.3 Å². The normalized spacial score (nSPS) is 22.4. The first kappa shape index (κ1) is 16.9. The maximum absolute atomic E-state index is 13.2. The van der Waals surface area contributed by atoms with E-state index in [0.717, 1.165) is 15.8 Å². The van der Waals surface area contributed by atoms with E-state index in [0.29, 0.717) is 10.6 Å². The van der Waals surface area contributed by atoms with Crippen molar-refractivity contribution in [1.82, 2.24) is 0 Å². The topological polar surface area (TPSA) is 66.2 Å². The molecule has 1 aliphatic rings. The molecule has 1 aromatic heterocycles. The number of anilines is 1. The third-order valence-corrected chi connectivity index (χ3v) is 4.50. The number of halogens is 4. The lowest BCUT2D eigenvalue weighted by Crippen LogP contribution is -2.52. The predicted octanol–water partition coefficient (Wildman–Crippen LogP) is 3.96. The Morgan fingerprint density at radius 1 is 1.25 bits per heavy atom. The van der Waals surface area contributed by atoms with Crippen molar-refractivity contribution in [1.29, 1.82) is 0 Å². The van der Waals surface area contributed by atoms with Crippen molar-refractivity contribution < 1.29 is 23.1 Å². The number of alkyl halides is 3. The van der Waals surface area contributed by atoms with Crippen LogP contribution < -0.4 is 5.43 Å². The summed E-state index contributed by atoms with van der Waals surface area (Å²) in [5, 5.41) is 18.7. The molecule has 24 heavy (non-hydrogen) atoms. The number of benzene rings is 1. The van der Waals surface area contributed by atoms with Gasteiger partial charge in [0.1, 0.15) is 0 Å². The number of thiophene rings is 1. The molecule has 2 N–H and O–H groups in total. The Bertz CT molecular complexity index is 791. The van der Waals surface area contributed by atoms with E-state index in [1.807, 2.05) is 0 Å². The van der Waals surface area contributed by atoms with E-state index in [9.17, 15) is 18.3 Å². The van der Waals surface area contributed by atoms with Crippen molar-refractivity contribution in [3.63, 3.8) is 0 Å².